The molecule has 1 fully saturated rings. The van der Waals surface area contributed by atoms with Gasteiger partial charge in [-0.3, -0.25) is 9.59 Å². The number of nitrogens with zero attached hydrogens (tertiary/aromatic N) is 1. The number of hydrogen-bond acceptors (Lipinski definition) is 4. The second-order valence-electron chi connectivity index (χ2n) is 5.31. The Morgan fingerprint density at radius 2 is 2.00 bits per heavy atom. The zero-order chi connectivity index (χ0) is 15.2. The molecule has 21 heavy (non-hydrogen) atoms. The van der Waals surface area contributed by atoms with Gasteiger partial charge in [-0.15, -0.1) is 11.3 Å². The number of hydrogen-bond donors (Lipinski definition) is 1. The molecule has 2 amide bonds. The molecular weight excluding hydrogens is 288 g/mol. The maximum atomic E-state index is 11.9. The average Bonchev–Trinajstić information content (AvgIpc) is 3.00. The summed E-state index contributed by atoms with van der Waals surface area (Å²) in [5.41, 5.74) is 0. The van der Waals surface area contributed by atoms with Crippen molar-refractivity contribution in [3.63, 3.8) is 0 Å². The number of ketones is 1. The molecule has 1 aromatic heterocycles. The number of likely N-dealkylation sites (tertiary alicyclic amines) is 1. The number of rotatable bonds is 5. The Morgan fingerprint density at radius 1 is 1.29 bits per heavy atom. The van der Waals surface area contributed by atoms with Crippen molar-refractivity contribution >= 4 is 28.9 Å². The van der Waals surface area contributed by atoms with E-state index >= 15 is 0 Å². The summed E-state index contributed by atoms with van der Waals surface area (Å²) in [4.78, 5) is 37.3. The molecule has 0 aromatic carbocycles. The van der Waals surface area contributed by atoms with Crippen LogP contribution in [0.5, 0.6) is 0 Å². The van der Waals surface area contributed by atoms with Crippen LogP contribution in [-0.4, -0.2) is 41.6 Å². The Labute approximate surface area is 128 Å². The van der Waals surface area contributed by atoms with Gasteiger partial charge in [0.15, 0.2) is 0 Å². The first-order valence-electron chi connectivity index (χ1n) is 7.18. The molecule has 1 aliphatic heterocycles. The number of Topliss-reactive ketones (excluding diaryl/α,β-unsaturated/α-hetero) is 1. The van der Waals surface area contributed by atoms with E-state index < -0.39 is 0 Å². The van der Waals surface area contributed by atoms with Crippen molar-refractivity contribution in [1.82, 2.24) is 10.2 Å². The second kappa shape index (κ2) is 7.36. The second-order valence-corrected chi connectivity index (χ2v) is 6.26. The number of carbonyl (C=O) groups excluding carboxylic acids is 3. The van der Waals surface area contributed by atoms with Crippen molar-refractivity contribution in [3.05, 3.63) is 22.4 Å². The molecule has 0 unspecified atom stereocenters. The third kappa shape index (κ3) is 4.67. The van der Waals surface area contributed by atoms with Crippen LogP contribution in [0.3, 0.4) is 0 Å². The standard InChI is InChI=1S/C15H20N2O3S/c1-11(18)4-5-14(19)17-8-6-12(7-9-17)16-15(20)13-3-2-10-21-13/h2-3,10,12H,4-9H2,1H3,(H,16,20). The lowest BCUT2D eigenvalue weighted by molar-refractivity contribution is -0.133. The first-order valence-corrected chi connectivity index (χ1v) is 8.06. The molecule has 6 heteroatoms. The lowest BCUT2D eigenvalue weighted by atomic mass is 10.0. The van der Waals surface area contributed by atoms with Crippen molar-refractivity contribution in [2.75, 3.05) is 13.1 Å². The summed E-state index contributed by atoms with van der Waals surface area (Å²) >= 11 is 1.43. The van der Waals surface area contributed by atoms with Gasteiger partial charge in [0, 0.05) is 32.0 Å². The van der Waals surface area contributed by atoms with Gasteiger partial charge >= 0.3 is 0 Å². The maximum Gasteiger partial charge on any atom is 0.261 e. The highest BCUT2D eigenvalue weighted by atomic mass is 32.1. The average molecular weight is 308 g/mol. The molecule has 2 heterocycles. The van der Waals surface area contributed by atoms with E-state index in [-0.39, 0.29) is 23.6 Å². The number of thiophene rings is 1. The van der Waals surface area contributed by atoms with E-state index in [0.717, 1.165) is 17.7 Å². The topological polar surface area (TPSA) is 66.5 Å². The van der Waals surface area contributed by atoms with Crippen LogP contribution >= 0.6 is 11.3 Å². The van der Waals surface area contributed by atoms with Crippen LogP contribution in [0.4, 0.5) is 0 Å². The first kappa shape index (κ1) is 15.7. The molecule has 2 rings (SSSR count). The third-order valence-corrected chi connectivity index (χ3v) is 4.49. The number of amides is 2. The summed E-state index contributed by atoms with van der Waals surface area (Å²) in [7, 11) is 0. The molecule has 1 saturated heterocycles. The quantitative estimate of drug-likeness (QED) is 0.902. The fraction of sp³-hybridized carbons (Fsp3) is 0.533. The van der Waals surface area contributed by atoms with E-state index in [9.17, 15) is 14.4 Å². The molecule has 1 aliphatic rings. The minimum atomic E-state index is -0.0358. The fourth-order valence-electron chi connectivity index (χ4n) is 2.38. The minimum Gasteiger partial charge on any atom is -0.348 e. The Morgan fingerprint density at radius 3 is 2.57 bits per heavy atom. The zero-order valence-corrected chi connectivity index (χ0v) is 12.9. The normalized spacial score (nSPS) is 15.8. The summed E-state index contributed by atoms with van der Waals surface area (Å²) in [5, 5.41) is 4.89. The molecule has 0 saturated carbocycles. The van der Waals surface area contributed by atoms with E-state index in [0.29, 0.717) is 25.9 Å². The third-order valence-electron chi connectivity index (χ3n) is 3.62. The maximum absolute atomic E-state index is 11.9. The minimum absolute atomic E-state index is 0.0354. The molecule has 0 bridgehead atoms. The Kier molecular flexibility index (Phi) is 5.50. The van der Waals surface area contributed by atoms with Crippen molar-refractivity contribution < 1.29 is 14.4 Å². The molecule has 0 radical (unpaired) electrons. The molecule has 0 spiro atoms. The van der Waals surface area contributed by atoms with Gasteiger partial charge in [-0.2, -0.15) is 0 Å². The van der Waals surface area contributed by atoms with Gasteiger partial charge in [-0.1, -0.05) is 6.07 Å². The first-order chi connectivity index (χ1) is 10.1. The molecule has 0 aliphatic carbocycles. The highest BCUT2D eigenvalue weighted by Crippen LogP contribution is 2.14. The van der Waals surface area contributed by atoms with E-state index in [1.54, 1.807) is 11.0 Å². The molecule has 5 nitrogen and oxygen atoms in total. The van der Waals surface area contributed by atoms with Crippen molar-refractivity contribution in [3.8, 4) is 0 Å². The monoisotopic (exact) mass is 308 g/mol. The number of carbonyl (C=O) groups is 3. The van der Waals surface area contributed by atoms with Crippen LogP contribution < -0.4 is 5.32 Å². The van der Waals surface area contributed by atoms with Crippen LogP contribution in [0.1, 0.15) is 42.3 Å². The van der Waals surface area contributed by atoms with Crippen LogP contribution in [0, 0.1) is 0 Å². The van der Waals surface area contributed by atoms with Gasteiger partial charge in [0.05, 0.1) is 4.88 Å². The largest absolute Gasteiger partial charge is 0.348 e. The molecule has 114 valence electrons. The summed E-state index contributed by atoms with van der Waals surface area (Å²) < 4.78 is 0. The summed E-state index contributed by atoms with van der Waals surface area (Å²) in [6, 6.07) is 3.78. The lowest BCUT2D eigenvalue weighted by Gasteiger charge is -2.32. The fourth-order valence-corrected chi connectivity index (χ4v) is 3.01. The van der Waals surface area contributed by atoms with Crippen molar-refractivity contribution in [2.45, 2.75) is 38.6 Å². The Balaban J connectivity index is 1.74. The van der Waals surface area contributed by atoms with Gasteiger partial charge in [0.25, 0.3) is 5.91 Å². The van der Waals surface area contributed by atoms with E-state index in [1.165, 1.54) is 18.3 Å². The highest BCUT2D eigenvalue weighted by Gasteiger charge is 2.24. The smallest absolute Gasteiger partial charge is 0.261 e. The predicted molar refractivity (Wildman–Crippen MR) is 81.3 cm³/mol. The van der Waals surface area contributed by atoms with Gasteiger partial charge in [-0.05, 0) is 31.2 Å². The lowest BCUT2D eigenvalue weighted by Crippen LogP contribution is -2.46. The van der Waals surface area contributed by atoms with Crippen LogP contribution in [0.2, 0.25) is 0 Å². The SMILES string of the molecule is CC(=O)CCC(=O)N1CCC(NC(=O)c2cccs2)CC1. The predicted octanol–water partition coefficient (Wildman–Crippen LogP) is 1.84. The van der Waals surface area contributed by atoms with Crippen LogP contribution in [0.25, 0.3) is 0 Å². The van der Waals surface area contributed by atoms with Gasteiger partial charge < -0.3 is 15.0 Å². The van der Waals surface area contributed by atoms with Crippen LogP contribution in [0.15, 0.2) is 17.5 Å². The number of nitrogens with one attached hydrogen (secondary N) is 1. The number of piperidine rings is 1. The Bertz CT molecular complexity index is 505. The summed E-state index contributed by atoms with van der Waals surface area (Å²) in [6.45, 7) is 2.79. The molecule has 1 N–H and O–H groups in total. The highest BCUT2D eigenvalue weighted by molar-refractivity contribution is 7.12. The van der Waals surface area contributed by atoms with Crippen molar-refractivity contribution in [2.24, 2.45) is 0 Å². The van der Waals surface area contributed by atoms with E-state index in [4.69, 9.17) is 0 Å². The molecule has 1 aromatic rings. The molecular formula is C15H20N2O3S. The summed E-state index contributed by atoms with van der Waals surface area (Å²) in [6.07, 6.45) is 2.14. The summed E-state index contributed by atoms with van der Waals surface area (Å²) in [5.74, 6) is 0.0426. The van der Waals surface area contributed by atoms with Gasteiger partial charge in [0.1, 0.15) is 5.78 Å². The van der Waals surface area contributed by atoms with E-state index in [2.05, 4.69) is 5.32 Å². The van der Waals surface area contributed by atoms with Gasteiger partial charge in [0.2, 0.25) is 5.91 Å². The molecule has 0 atom stereocenters. The van der Waals surface area contributed by atoms with Gasteiger partial charge in [-0.25, -0.2) is 0 Å². The zero-order valence-electron chi connectivity index (χ0n) is 12.1. The van der Waals surface area contributed by atoms with Crippen molar-refractivity contribution in [1.29, 1.82) is 0 Å². The van der Waals surface area contributed by atoms with E-state index in [1.807, 2.05) is 11.4 Å². The Hall–Kier alpha value is -1.69. The van der Waals surface area contributed by atoms with Crippen LogP contribution in [-0.2, 0) is 9.59 Å².